The van der Waals surface area contributed by atoms with Crippen LogP contribution in [0.3, 0.4) is 0 Å². The van der Waals surface area contributed by atoms with Gasteiger partial charge in [-0.15, -0.1) is 0 Å². The third kappa shape index (κ3) is 5.66. The van der Waals surface area contributed by atoms with Gasteiger partial charge in [0.2, 0.25) is 0 Å². The summed E-state index contributed by atoms with van der Waals surface area (Å²) in [4.78, 5) is 36.7. The highest BCUT2D eigenvalue weighted by atomic mass is 31.1. The summed E-state index contributed by atoms with van der Waals surface area (Å²) in [6.07, 6.45) is 14.0. The van der Waals surface area contributed by atoms with E-state index < -0.39 is 15.8 Å². The van der Waals surface area contributed by atoms with Crippen molar-refractivity contribution >= 4 is 114 Å². The van der Waals surface area contributed by atoms with E-state index in [0.717, 1.165) is 87.6 Å². The molecule has 0 bridgehead atoms. The van der Waals surface area contributed by atoms with Crippen molar-refractivity contribution in [3.05, 3.63) is 159 Å². The second kappa shape index (κ2) is 13.5. The first-order valence-electron chi connectivity index (χ1n) is 17.9. The van der Waals surface area contributed by atoms with Crippen molar-refractivity contribution in [2.75, 3.05) is 10.6 Å². The van der Waals surface area contributed by atoms with Crippen molar-refractivity contribution < 1.29 is 0 Å². The van der Waals surface area contributed by atoms with E-state index in [-0.39, 0.29) is 0 Å². The van der Waals surface area contributed by atoms with Crippen LogP contribution < -0.4 is 42.5 Å². The number of hydrogen-bond acceptors (Lipinski definition) is 10. The predicted molar refractivity (Wildman–Crippen MR) is 229 cm³/mol. The van der Waals surface area contributed by atoms with Crippen LogP contribution >= 0.6 is 15.8 Å². The summed E-state index contributed by atoms with van der Waals surface area (Å²) in [5, 5.41) is 18.6. The molecule has 1 aliphatic heterocycles. The smallest absolute Gasteiger partial charge is 0.116 e. The molecule has 0 spiro atoms. The Bertz CT molecular complexity index is 2750. The molecule has 10 nitrogen and oxygen atoms in total. The second-order valence-electron chi connectivity index (χ2n) is 13.4. The van der Waals surface area contributed by atoms with E-state index in [1.165, 1.54) is 10.6 Å². The molecule has 12 heteroatoms. The van der Waals surface area contributed by atoms with Gasteiger partial charge in [0.1, 0.15) is 25.3 Å². The first-order valence-corrected chi connectivity index (χ1v) is 20.6. The maximum atomic E-state index is 4.76. The molecular formula is C44H28N10P2. The lowest BCUT2D eigenvalue weighted by Crippen LogP contribution is -2.29. The van der Waals surface area contributed by atoms with Gasteiger partial charge >= 0.3 is 0 Å². The molecule has 11 rings (SSSR count). The first-order chi connectivity index (χ1) is 27.7. The molecule has 4 aromatic heterocycles. The average molecular weight is 759 g/mol. The standard InChI is InChI=1S/C44H28N10P2/c1-3-7-31(8-4-1)55-41-15-33-27(19-45-23-49-33)11-37(41)53-39-13-29-21-47-25-51-35(29)17-43(39)56(32-9-5-2-6-10-32)44-18-36-30(22-48-26-52-36)14-40(44)54-38-12-28-20-46-24-50-34(28)16-42(38)55/h1-26,53-54H. The van der Waals surface area contributed by atoms with Crippen molar-refractivity contribution in [2.24, 2.45) is 0 Å². The predicted octanol–water partition coefficient (Wildman–Crippen LogP) is 6.78. The fraction of sp³-hybridized carbons (Fsp3) is 0. The van der Waals surface area contributed by atoms with Gasteiger partial charge in [0, 0.05) is 90.3 Å². The van der Waals surface area contributed by atoms with Gasteiger partial charge in [-0.05, 0) is 75.0 Å². The summed E-state index contributed by atoms with van der Waals surface area (Å²) < 4.78 is 0. The summed E-state index contributed by atoms with van der Waals surface area (Å²) in [5.74, 6) is 0. The molecule has 0 unspecified atom stereocenters. The van der Waals surface area contributed by atoms with Gasteiger partial charge in [0.25, 0.3) is 0 Å². The molecule has 264 valence electrons. The van der Waals surface area contributed by atoms with Gasteiger partial charge in [-0.25, -0.2) is 39.9 Å². The van der Waals surface area contributed by atoms with E-state index in [1.807, 2.05) is 24.8 Å². The maximum Gasteiger partial charge on any atom is 0.116 e. The SMILES string of the molecule is c1ccc(P2c3cc4ncncc4cc3Nc3cc4cncnc4cc3P(c3ccccc3)c3cc4ncncc4cc3Nc3cc4cncnc4cc32)cc1. The van der Waals surface area contributed by atoms with Gasteiger partial charge in [0.15, 0.2) is 0 Å². The molecule has 1 aliphatic rings. The Hall–Kier alpha value is -6.86. The highest BCUT2D eigenvalue weighted by molar-refractivity contribution is 7.81. The van der Waals surface area contributed by atoms with Crippen LogP contribution in [-0.4, -0.2) is 39.9 Å². The Morgan fingerprint density at radius 2 is 0.625 bits per heavy atom. The number of nitrogens with zero attached hydrogens (tertiary/aromatic N) is 8. The van der Waals surface area contributed by atoms with Crippen LogP contribution in [-0.2, 0) is 0 Å². The Labute approximate surface area is 322 Å². The molecule has 10 aromatic rings. The quantitative estimate of drug-likeness (QED) is 0.182. The Morgan fingerprint density at radius 3 is 0.911 bits per heavy atom. The normalized spacial score (nSPS) is 15.1. The number of benzene rings is 6. The molecule has 0 fully saturated rings. The summed E-state index contributed by atoms with van der Waals surface area (Å²) in [7, 11) is -2.46. The largest absolute Gasteiger partial charge is 0.354 e. The van der Waals surface area contributed by atoms with Crippen molar-refractivity contribution in [3.63, 3.8) is 0 Å². The Balaban J connectivity index is 1.31. The van der Waals surface area contributed by atoms with E-state index in [1.54, 1.807) is 25.3 Å². The van der Waals surface area contributed by atoms with Crippen LogP contribution in [0.4, 0.5) is 22.7 Å². The van der Waals surface area contributed by atoms with E-state index in [2.05, 4.69) is 140 Å². The topological polar surface area (TPSA) is 127 Å². The van der Waals surface area contributed by atoms with E-state index in [4.69, 9.17) is 19.9 Å². The molecule has 0 atom stereocenters. The van der Waals surface area contributed by atoms with Gasteiger partial charge in [-0.3, -0.25) is 0 Å². The molecule has 0 saturated carbocycles. The number of aromatic nitrogens is 8. The Morgan fingerprint density at radius 1 is 0.339 bits per heavy atom. The van der Waals surface area contributed by atoms with Crippen LogP contribution in [0.15, 0.2) is 159 Å². The summed E-state index contributed by atoms with van der Waals surface area (Å²) in [5.41, 5.74) is 7.31. The average Bonchev–Trinajstić information content (AvgIpc) is 3.25. The van der Waals surface area contributed by atoms with E-state index in [0.29, 0.717) is 0 Å². The minimum absolute atomic E-state index is 0.865. The highest BCUT2D eigenvalue weighted by Crippen LogP contribution is 2.46. The van der Waals surface area contributed by atoms with Crippen LogP contribution in [0.2, 0.25) is 0 Å². The fourth-order valence-electron chi connectivity index (χ4n) is 7.47. The number of hydrogen-bond donors (Lipinski definition) is 2. The maximum absolute atomic E-state index is 4.76. The molecule has 0 radical (unpaired) electrons. The van der Waals surface area contributed by atoms with Crippen LogP contribution in [0, 0.1) is 0 Å². The Kier molecular flexibility index (Phi) is 7.83. The number of fused-ring (bicyclic) bond motifs is 8. The number of rotatable bonds is 2. The second-order valence-corrected chi connectivity index (χ2v) is 17.7. The number of nitrogens with one attached hydrogen (secondary N) is 2. The summed E-state index contributed by atoms with van der Waals surface area (Å²) in [6.45, 7) is 0. The first kappa shape index (κ1) is 32.6. The van der Waals surface area contributed by atoms with E-state index in [9.17, 15) is 0 Å². The zero-order chi connectivity index (χ0) is 37.0. The monoisotopic (exact) mass is 758 g/mol. The van der Waals surface area contributed by atoms with Crippen molar-refractivity contribution in [3.8, 4) is 0 Å². The third-order valence-electron chi connectivity index (χ3n) is 10.0. The lowest BCUT2D eigenvalue weighted by molar-refractivity contribution is 1.22. The van der Waals surface area contributed by atoms with Crippen LogP contribution in [0.5, 0.6) is 0 Å². The molecular weight excluding hydrogens is 731 g/mol. The summed E-state index contributed by atoms with van der Waals surface area (Å²) in [6, 6.07) is 39.0. The zero-order valence-corrected chi connectivity index (χ0v) is 31.3. The van der Waals surface area contributed by atoms with Gasteiger partial charge in [-0.2, -0.15) is 0 Å². The van der Waals surface area contributed by atoms with Gasteiger partial charge in [-0.1, -0.05) is 60.7 Å². The van der Waals surface area contributed by atoms with Crippen molar-refractivity contribution in [1.82, 2.24) is 39.9 Å². The molecule has 5 heterocycles. The molecule has 0 amide bonds. The summed E-state index contributed by atoms with van der Waals surface area (Å²) >= 11 is 0. The molecule has 6 aromatic carbocycles. The van der Waals surface area contributed by atoms with Crippen molar-refractivity contribution in [2.45, 2.75) is 0 Å². The zero-order valence-electron chi connectivity index (χ0n) is 29.5. The van der Waals surface area contributed by atoms with Gasteiger partial charge in [0.05, 0.1) is 22.1 Å². The minimum atomic E-state index is -1.23. The lowest BCUT2D eigenvalue weighted by Gasteiger charge is -2.30. The number of anilines is 4. The molecule has 2 N–H and O–H groups in total. The van der Waals surface area contributed by atoms with Crippen LogP contribution in [0.25, 0.3) is 43.6 Å². The highest BCUT2D eigenvalue weighted by Gasteiger charge is 2.30. The molecule has 0 aliphatic carbocycles. The third-order valence-corrected chi connectivity index (χ3v) is 15.1. The van der Waals surface area contributed by atoms with E-state index >= 15 is 0 Å². The van der Waals surface area contributed by atoms with Gasteiger partial charge < -0.3 is 10.6 Å². The minimum Gasteiger partial charge on any atom is -0.354 e. The van der Waals surface area contributed by atoms with Crippen LogP contribution in [0.1, 0.15) is 0 Å². The molecule has 0 saturated heterocycles. The molecule has 56 heavy (non-hydrogen) atoms. The fourth-order valence-corrected chi connectivity index (χ4v) is 12.5. The van der Waals surface area contributed by atoms with Crippen molar-refractivity contribution in [1.29, 1.82) is 0 Å². The lowest BCUT2D eigenvalue weighted by atomic mass is 10.2.